The average Bonchev–Trinajstić information content (AvgIpc) is 3.03. The van der Waals surface area contributed by atoms with Crippen LogP contribution in [0.4, 0.5) is 0 Å². The number of rotatable bonds is 0. The largest absolute Gasteiger partial charge is 0.343 e. The lowest BCUT2D eigenvalue weighted by molar-refractivity contribution is 0.997. The molecule has 0 aliphatic rings. The van der Waals surface area contributed by atoms with Gasteiger partial charge < -0.3 is 9.13 Å². The van der Waals surface area contributed by atoms with Crippen LogP contribution in [-0.4, -0.2) is 9.13 Å². The Morgan fingerprint density at radius 2 is 1.09 bits per heavy atom. The lowest BCUT2D eigenvalue weighted by atomic mass is 10.1. The number of hydrogen-bond acceptors (Lipinski definition) is 0. The molecule has 5 aromatic rings. The Kier molecular flexibility index (Phi) is 2.52. The van der Waals surface area contributed by atoms with Crippen LogP contribution >= 0.6 is 15.9 Å². The Bertz CT molecular complexity index is 1150. The van der Waals surface area contributed by atoms with Crippen LogP contribution in [0.3, 0.4) is 0 Å². The maximum atomic E-state index is 3.90. The van der Waals surface area contributed by atoms with Gasteiger partial charge in [-0.25, -0.2) is 0 Å². The molecule has 2 nitrogen and oxygen atoms in total. The van der Waals surface area contributed by atoms with Crippen LogP contribution in [0.2, 0.25) is 0 Å². The van der Waals surface area contributed by atoms with Crippen molar-refractivity contribution in [3.63, 3.8) is 0 Å². The topological polar surface area (TPSA) is 9.86 Å². The fourth-order valence-electron chi connectivity index (χ4n) is 3.92. The molecular weight excluding hydrogens is 348 g/mol. The van der Waals surface area contributed by atoms with Crippen LogP contribution < -0.4 is 0 Å². The van der Waals surface area contributed by atoms with E-state index in [1.807, 2.05) is 0 Å². The van der Waals surface area contributed by atoms with E-state index in [1.165, 1.54) is 48.1 Å². The van der Waals surface area contributed by atoms with E-state index < -0.39 is 0 Å². The van der Waals surface area contributed by atoms with Gasteiger partial charge in [0, 0.05) is 46.7 Å². The van der Waals surface area contributed by atoms with Crippen LogP contribution in [0.15, 0.2) is 59.1 Å². The second kappa shape index (κ2) is 4.39. The highest BCUT2D eigenvalue weighted by atomic mass is 79.9. The summed E-state index contributed by atoms with van der Waals surface area (Å²) in [5.41, 5.74) is 5.04. The van der Waals surface area contributed by atoms with Crippen molar-refractivity contribution in [1.29, 1.82) is 0 Å². The number of para-hydroxylation sites is 2. The number of benzene rings is 3. The molecule has 3 aromatic carbocycles. The molecule has 2 aromatic heterocycles. The SMILES string of the molecule is Cn1c2ccccc2c2cc3c4ccccc4n(C)c3c(Br)c21. The van der Waals surface area contributed by atoms with Gasteiger partial charge in [-0.15, -0.1) is 0 Å². The fraction of sp³-hybridized carbons (Fsp3) is 0.100. The molecule has 0 saturated heterocycles. The second-order valence-electron chi connectivity index (χ2n) is 6.14. The number of aromatic nitrogens is 2. The van der Waals surface area contributed by atoms with E-state index >= 15 is 0 Å². The monoisotopic (exact) mass is 362 g/mol. The maximum Gasteiger partial charge on any atom is 0.0662 e. The van der Waals surface area contributed by atoms with Crippen LogP contribution in [0.1, 0.15) is 0 Å². The highest BCUT2D eigenvalue weighted by molar-refractivity contribution is 9.10. The Hall–Kier alpha value is -2.26. The van der Waals surface area contributed by atoms with Crippen LogP contribution in [0.5, 0.6) is 0 Å². The van der Waals surface area contributed by atoms with Crippen molar-refractivity contribution in [1.82, 2.24) is 9.13 Å². The third kappa shape index (κ3) is 1.53. The molecular formula is C20H15BrN2. The molecule has 0 saturated carbocycles. The summed E-state index contributed by atoms with van der Waals surface area (Å²) in [5, 5.41) is 5.22. The molecule has 0 aliphatic heterocycles. The predicted octanol–water partition coefficient (Wildman–Crippen LogP) is 5.74. The van der Waals surface area contributed by atoms with Crippen molar-refractivity contribution in [2.24, 2.45) is 14.1 Å². The molecule has 0 radical (unpaired) electrons. The molecule has 0 fully saturated rings. The summed E-state index contributed by atoms with van der Waals surface area (Å²) in [4.78, 5) is 0. The number of hydrogen-bond donors (Lipinski definition) is 0. The first-order chi connectivity index (χ1) is 11.2. The molecule has 112 valence electrons. The highest BCUT2D eigenvalue weighted by Gasteiger charge is 2.18. The minimum Gasteiger partial charge on any atom is -0.343 e. The Balaban J connectivity index is 2.16. The standard InChI is InChI=1S/C20H15BrN2/c1-22-16-9-5-3-7-12(16)14-11-15-13-8-4-6-10-17(13)23(2)20(15)18(21)19(14)22/h3-11H,1-2H3. The van der Waals surface area contributed by atoms with E-state index in [0.29, 0.717) is 0 Å². The van der Waals surface area contributed by atoms with Gasteiger partial charge in [-0.2, -0.15) is 0 Å². The second-order valence-corrected chi connectivity index (χ2v) is 6.93. The first kappa shape index (κ1) is 13.2. The van der Waals surface area contributed by atoms with E-state index in [2.05, 4.69) is 93.8 Å². The quantitative estimate of drug-likeness (QED) is 0.332. The van der Waals surface area contributed by atoms with Crippen molar-refractivity contribution >= 4 is 59.5 Å². The summed E-state index contributed by atoms with van der Waals surface area (Å²) in [5.74, 6) is 0. The molecule has 0 aliphatic carbocycles. The van der Waals surface area contributed by atoms with Crippen molar-refractivity contribution in [3.8, 4) is 0 Å². The Morgan fingerprint density at radius 1 is 0.652 bits per heavy atom. The highest BCUT2D eigenvalue weighted by Crippen LogP contribution is 2.41. The van der Waals surface area contributed by atoms with Crippen LogP contribution in [-0.2, 0) is 14.1 Å². The fourth-order valence-corrected chi connectivity index (χ4v) is 4.88. The Morgan fingerprint density at radius 3 is 1.57 bits per heavy atom. The van der Waals surface area contributed by atoms with Gasteiger partial charge in [0.05, 0.1) is 15.5 Å². The van der Waals surface area contributed by atoms with E-state index in [4.69, 9.17) is 0 Å². The van der Waals surface area contributed by atoms with E-state index in [-0.39, 0.29) is 0 Å². The smallest absolute Gasteiger partial charge is 0.0662 e. The van der Waals surface area contributed by atoms with Crippen LogP contribution in [0.25, 0.3) is 43.6 Å². The van der Waals surface area contributed by atoms with E-state index in [9.17, 15) is 0 Å². The van der Waals surface area contributed by atoms with Crippen LogP contribution in [0, 0.1) is 0 Å². The zero-order valence-corrected chi connectivity index (χ0v) is 14.6. The number of halogens is 1. The normalized spacial score (nSPS) is 12.1. The number of nitrogens with zero attached hydrogens (tertiary/aromatic N) is 2. The summed E-state index contributed by atoms with van der Waals surface area (Å²) in [6.45, 7) is 0. The lowest BCUT2D eigenvalue weighted by Gasteiger charge is -2.05. The van der Waals surface area contributed by atoms with Gasteiger partial charge in [0.25, 0.3) is 0 Å². The number of aryl methyl sites for hydroxylation is 2. The lowest BCUT2D eigenvalue weighted by Crippen LogP contribution is -1.91. The third-order valence-electron chi connectivity index (χ3n) is 5.00. The summed E-state index contributed by atoms with van der Waals surface area (Å²) in [7, 11) is 4.29. The molecule has 0 unspecified atom stereocenters. The van der Waals surface area contributed by atoms with Crippen molar-refractivity contribution in [3.05, 3.63) is 59.1 Å². The van der Waals surface area contributed by atoms with Gasteiger partial charge >= 0.3 is 0 Å². The molecule has 0 bridgehead atoms. The molecule has 23 heavy (non-hydrogen) atoms. The van der Waals surface area contributed by atoms with Gasteiger partial charge in [-0.1, -0.05) is 36.4 Å². The molecule has 0 spiro atoms. The summed E-state index contributed by atoms with van der Waals surface area (Å²) < 4.78 is 5.74. The van der Waals surface area contributed by atoms with Gasteiger partial charge in [-0.3, -0.25) is 0 Å². The minimum atomic E-state index is 1.17. The van der Waals surface area contributed by atoms with Gasteiger partial charge in [0.15, 0.2) is 0 Å². The average molecular weight is 363 g/mol. The third-order valence-corrected chi connectivity index (χ3v) is 5.75. The van der Waals surface area contributed by atoms with Gasteiger partial charge in [-0.05, 0) is 34.1 Å². The predicted molar refractivity (Wildman–Crippen MR) is 102 cm³/mol. The first-order valence-electron chi connectivity index (χ1n) is 7.71. The molecule has 5 rings (SSSR count). The zero-order valence-electron chi connectivity index (χ0n) is 13.0. The van der Waals surface area contributed by atoms with E-state index in [0.717, 1.165) is 0 Å². The molecule has 0 N–H and O–H groups in total. The van der Waals surface area contributed by atoms with Gasteiger partial charge in [0.1, 0.15) is 0 Å². The summed E-state index contributed by atoms with van der Waals surface area (Å²) >= 11 is 3.90. The summed E-state index contributed by atoms with van der Waals surface area (Å²) in [6.07, 6.45) is 0. The Labute approximate surface area is 142 Å². The molecule has 0 atom stereocenters. The van der Waals surface area contributed by atoms with E-state index in [1.54, 1.807) is 0 Å². The maximum absolute atomic E-state index is 3.90. The molecule has 2 heterocycles. The van der Waals surface area contributed by atoms with Crippen molar-refractivity contribution in [2.75, 3.05) is 0 Å². The van der Waals surface area contributed by atoms with Gasteiger partial charge in [0.2, 0.25) is 0 Å². The van der Waals surface area contributed by atoms with Crippen molar-refractivity contribution < 1.29 is 0 Å². The molecule has 0 amide bonds. The first-order valence-corrected chi connectivity index (χ1v) is 8.50. The minimum absolute atomic E-state index is 1.17. The summed E-state index contributed by atoms with van der Waals surface area (Å²) in [6, 6.07) is 19.6. The van der Waals surface area contributed by atoms with Crippen molar-refractivity contribution in [2.45, 2.75) is 0 Å². The molecule has 3 heteroatoms. The number of fused-ring (bicyclic) bond motifs is 6. The zero-order chi connectivity index (χ0) is 15.7.